The average molecular weight is 291 g/mol. The van der Waals surface area contributed by atoms with E-state index in [4.69, 9.17) is 5.73 Å². The first-order valence-corrected chi connectivity index (χ1v) is 6.65. The summed E-state index contributed by atoms with van der Waals surface area (Å²) in [5.74, 6) is -0.0149. The van der Waals surface area contributed by atoms with Crippen molar-refractivity contribution in [2.24, 2.45) is 0 Å². The van der Waals surface area contributed by atoms with E-state index in [0.29, 0.717) is 11.5 Å². The van der Waals surface area contributed by atoms with Crippen molar-refractivity contribution in [3.05, 3.63) is 66.4 Å². The lowest BCUT2D eigenvalue weighted by Gasteiger charge is -1.96. The smallest absolute Gasteiger partial charge is 0.274 e. The molecule has 6 nitrogen and oxygen atoms in total. The monoisotopic (exact) mass is 291 g/mol. The van der Waals surface area contributed by atoms with Crippen LogP contribution in [0.25, 0.3) is 17.6 Å². The molecule has 0 saturated carbocycles. The van der Waals surface area contributed by atoms with E-state index in [2.05, 4.69) is 15.1 Å². The van der Waals surface area contributed by atoms with Crippen LogP contribution in [0.2, 0.25) is 0 Å². The molecule has 1 aromatic carbocycles. The molecule has 108 valence electrons. The first-order valence-electron chi connectivity index (χ1n) is 6.65. The molecule has 0 atom stereocenters. The normalized spacial score (nSPS) is 10.9. The van der Waals surface area contributed by atoms with Crippen LogP contribution >= 0.6 is 0 Å². The predicted octanol–water partition coefficient (Wildman–Crippen LogP) is 2.28. The number of aromatic nitrogens is 4. The Morgan fingerprint density at radius 3 is 2.59 bits per heavy atom. The van der Waals surface area contributed by atoms with Gasteiger partial charge in [-0.15, -0.1) is 5.10 Å². The molecule has 2 heterocycles. The quantitative estimate of drug-likeness (QED) is 0.748. The van der Waals surface area contributed by atoms with Crippen molar-refractivity contribution in [3.8, 4) is 11.5 Å². The van der Waals surface area contributed by atoms with Gasteiger partial charge in [-0.3, -0.25) is 9.78 Å². The molecular weight excluding hydrogens is 278 g/mol. The molecule has 0 fully saturated rings. The van der Waals surface area contributed by atoms with E-state index in [1.807, 2.05) is 36.4 Å². The van der Waals surface area contributed by atoms with Gasteiger partial charge in [0.05, 0.1) is 0 Å². The van der Waals surface area contributed by atoms with E-state index in [0.717, 1.165) is 10.2 Å². The van der Waals surface area contributed by atoms with Gasteiger partial charge in [-0.2, -0.15) is 9.67 Å². The van der Waals surface area contributed by atoms with Crippen molar-refractivity contribution < 1.29 is 4.79 Å². The third kappa shape index (κ3) is 2.90. The van der Waals surface area contributed by atoms with Crippen molar-refractivity contribution in [1.82, 2.24) is 19.7 Å². The van der Waals surface area contributed by atoms with Crippen LogP contribution in [-0.4, -0.2) is 25.7 Å². The summed E-state index contributed by atoms with van der Waals surface area (Å²) in [6.07, 6.45) is 4.73. The Hall–Kier alpha value is -3.28. The molecule has 0 amide bonds. The lowest BCUT2D eigenvalue weighted by Crippen LogP contribution is -2.12. The SMILES string of the molecule is Nc1nc(-c2ccccn2)nn1C(=O)/C=C/c1ccccc1. The molecule has 22 heavy (non-hydrogen) atoms. The number of nitrogens with two attached hydrogens (primary N) is 1. The van der Waals surface area contributed by atoms with Gasteiger partial charge in [-0.25, -0.2) is 0 Å². The molecule has 0 radical (unpaired) electrons. The summed E-state index contributed by atoms with van der Waals surface area (Å²) in [6, 6.07) is 14.9. The molecule has 0 saturated heterocycles. The van der Waals surface area contributed by atoms with Crippen LogP contribution in [0.5, 0.6) is 0 Å². The van der Waals surface area contributed by atoms with Crippen LogP contribution in [0, 0.1) is 0 Å². The zero-order valence-corrected chi connectivity index (χ0v) is 11.6. The highest BCUT2D eigenvalue weighted by atomic mass is 16.2. The Bertz CT molecular complexity index is 809. The van der Waals surface area contributed by atoms with Crippen molar-refractivity contribution >= 4 is 17.9 Å². The van der Waals surface area contributed by atoms with Crippen molar-refractivity contribution in [2.75, 3.05) is 5.73 Å². The Morgan fingerprint density at radius 2 is 1.86 bits per heavy atom. The van der Waals surface area contributed by atoms with Crippen molar-refractivity contribution in [1.29, 1.82) is 0 Å². The molecule has 0 aliphatic rings. The fourth-order valence-corrected chi connectivity index (χ4v) is 1.89. The average Bonchev–Trinajstić information content (AvgIpc) is 2.96. The van der Waals surface area contributed by atoms with Gasteiger partial charge in [-0.1, -0.05) is 36.4 Å². The highest BCUT2D eigenvalue weighted by Crippen LogP contribution is 2.13. The molecule has 6 heteroatoms. The number of rotatable bonds is 3. The van der Waals surface area contributed by atoms with Crippen LogP contribution in [0.15, 0.2) is 60.8 Å². The molecule has 0 unspecified atom stereocenters. The van der Waals surface area contributed by atoms with Gasteiger partial charge in [0.1, 0.15) is 5.69 Å². The van der Waals surface area contributed by atoms with Crippen molar-refractivity contribution in [3.63, 3.8) is 0 Å². The number of nitrogen functional groups attached to an aromatic ring is 1. The largest absolute Gasteiger partial charge is 0.368 e. The third-order valence-electron chi connectivity index (χ3n) is 2.95. The van der Waals surface area contributed by atoms with Crippen LogP contribution in [0.4, 0.5) is 5.95 Å². The summed E-state index contributed by atoms with van der Waals surface area (Å²) in [5, 5.41) is 4.11. The number of pyridine rings is 1. The van der Waals surface area contributed by atoms with Crippen LogP contribution in [0.1, 0.15) is 10.4 Å². The fourth-order valence-electron chi connectivity index (χ4n) is 1.89. The van der Waals surface area contributed by atoms with E-state index in [1.54, 1.807) is 24.4 Å². The van der Waals surface area contributed by atoms with Gasteiger partial charge in [0.15, 0.2) is 0 Å². The van der Waals surface area contributed by atoms with E-state index in [9.17, 15) is 4.79 Å². The van der Waals surface area contributed by atoms with Gasteiger partial charge in [0, 0.05) is 12.3 Å². The van der Waals surface area contributed by atoms with Gasteiger partial charge < -0.3 is 5.73 Å². The maximum absolute atomic E-state index is 12.2. The lowest BCUT2D eigenvalue weighted by atomic mass is 10.2. The number of allylic oxidation sites excluding steroid dienone is 1. The molecule has 2 aromatic heterocycles. The second-order valence-corrected chi connectivity index (χ2v) is 4.50. The molecule has 0 aliphatic heterocycles. The topological polar surface area (TPSA) is 86.7 Å². The Balaban J connectivity index is 1.85. The summed E-state index contributed by atoms with van der Waals surface area (Å²) >= 11 is 0. The summed E-state index contributed by atoms with van der Waals surface area (Å²) in [7, 11) is 0. The molecule has 0 bridgehead atoms. The first-order chi connectivity index (χ1) is 10.7. The van der Waals surface area contributed by atoms with Gasteiger partial charge in [0.2, 0.25) is 11.8 Å². The number of hydrogen-bond acceptors (Lipinski definition) is 5. The minimum Gasteiger partial charge on any atom is -0.368 e. The number of benzene rings is 1. The Kier molecular flexibility index (Phi) is 3.74. The van der Waals surface area contributed by atoms with E-state index < -0.39 is 0 Å². The Labute approximate surface area is 126 Å². The molecular formula is C16H13N5O. The second kappa shape index (κ2) is 6.01. The maximum atomic E-state index is 12.2. The zero-order chi connectivity index (χ0) is 15.4. The van der Waals surface area contributed by atoms with Gasteiger partial charge in [-0.05, 0) is 23.8 Å². The van der Waals surface area contributed by atoms with Crippen LogP contribution in [-0.2, 0) is 0 Å². The summed E-state index contributed by atoms with van der Waals surface area (Å²) < 4.78 is 1.06. The zero-order valence-electron chi connectivity index (χ0n) is 11.6. The predicted molar refractivity (Wildman–Crippen MR) is 83.8 cm³/mol. The number of anilines is 1. The van der Waals surface area contributed by atoms with Crippen molar-refractivity contribution in [2.45, 2.75) is 0 Å². The summed E-state index contributed by atoms with van der Waals surface area (Å²) in [5.41, 5.74) is 7.23. The summed E-state index contributed by atoms with van der Waals surface area (Å²) in [6.45, 7) is 0. The highest BCUT2D eigenvalue weighted by Gasteiger charge is 2.13. The minimum atomic E-state index is -0.365. The second-order valence-electron chi connectivity index (χ2n) is 4.50. The molecule has 0 spiro atoms. The standard InChI is InChI=1S/C16H13N5O/c17-16-19-15(13-8-4-5-11-18-13)20-21(16)14(22)10-9-12-6-2-1-3-7-12/h1-11H,(H2,17,19,20)/b10-9+. The maximum Gasteiger partial charge on any atom is 0.274 e. The molecule has 3 aromatic rings. The third-order valence-corrected chi connectivity index (χ3v) is 2.95. The number of hydrogen-bond donors (Lipinski definition) is 1. The minimum absolute atomic E-state index is 0.0309. The van der Waals surface area contributed by atoms with E-state index in [1.165, 1.54) is 6.08 Å². The van der Waals surface area contributed by atoms with E-state index in [-0.39, 0.29) is 11.9 Å². The molecule has 3 rings (SSSR count). The lowest BCUT2D eigenvalue weighted by molar-refractivity contribution is 0.0958. The Morgan fingerprint density at radius 1 is 1.09 bits per heavy atom. The summed E-state index contributed by atoms with van der Waals surface area (Å²) in [4.78, 5) is 20.4. The fraction of sp³-hybridized carbons (Fsp3) is 0. The van der Waals surface area contributed by atoms with E-state index >= 15 is 0 Å². The number of carbonyl (C=O) groups is 1. The van der Waals surface area contributed by atoms with Gasteiger partial charge in [0.25, 0.3) is 5.91 Å². The van der Waals surface area contributed by atoms with Gasteiger partial charge >= 0.3 is 0 Å². The first kappa shape index (κ1) is 13.7. The molecule has 2 N–H and O–H groups in total. The molecule has 0 aliphatic carbocycles. The highest BCUT2D eigenvalue weighted by molar-refractivity contribution is 5.94. The number of carbonyl (C=O) groups excluding carboxylic acids is 1. The number of nitrogens with zero attached hydrogens (tertiary/aromatic N) is 4. The van der Waals surface area contributed by atoms with Crippen LogP contribution < -0.4 is 5.73 Å². The van der Waals surface area contributed by atoms with Crippen LogP contribution in [0.3, 0.4) is 0 Å².